The molecule has 1 aliphatic rings. The number of rotatable bonds is 7. The van der Waals surface area contributed by atoms with E-state index >= 15 is 0 Å². The van der Waals surface area contributed by atoms with E-state index in [9.17, 15) is 14.7 Å². The van der Waals surface area contributed by atoms with Crippen molar-refractivity contribution in [1.29, 1.82) is 5.26 Å². The number of carboxylic acids is 1. The summed E-state index contributed by atoms with van der Waals surface area (Å²) in [4.78, 5) is 26.2. The Bertz CT molecular complexity index is 1230. The molecule has 0 aliphatic carbocycles. The minimum absolute atomic E-state index is 0.0806. The van der Waals surface area contributed by atoms with E-state index < -0.39 is 11.4 Å². The van der Waals surface area contributed by atoms with Gasteiger partial charge in [-0.2, -0.15) is 5.26 Å². The molecule has 1 aromatic heterocycles. The van der Waals surface area contributed by atoms with Gasteiger partial charge in [0.1, 0.15) is 0 Å². The van der Waals surface area contributed by atoms with Crippen molar-refractivity contribution in [3.8, 4) is 6.07 Å². The van der Waals surface area contributed by atoms with Gasteiger partial charge in [-0.15, -0.1) is 0 Å². The van der Waals surface area contributed by atoms with E-state index in [1.165, 1.54) is 10.9 Å². The van der Waals surface area contributed by atoms with Gasteiger partial charge in [-0.3, -0.25) is 9.59 Å². The molecule has 0 saturated heterocycles. The molecule has 0 radical (unpaired) electrons. The van der Waals surface area contributed by atoms with Crippen LogP contribution in [0, 0.1) is 16.7 Å². The number of nitrogens with zero attached hydrogens (tertiary/aromatic N) is 3. The van der Waals surface area contributed by atoms with Crippen LogP contribution in [-0.2, 0) is 29.1 Å². The highest BCUT2D eigenvalue weighted by Crippen LogP contribution is 2.32. The fraction of sp³-hybridized carbons (Fsp3) is 0.370. The molecular formula is C27H29N3O3. The Morgan fingerprint density at radius 3 is 2.55 bits per heavy atom. The fourth-order valence-corrected chi connectivity index (χ4v) is 4.60. The van der Waals surface area contributed by atoms with Crippen LogP contribution >= 0.6 is 0 Å². The first kappa shape index (κ1) is 22.6. The van der Waals surface area contributed by atoms with Gasteiger partial charge in [0.05, 0.1) is 23.6 Å². The monoisotopic (exact) mass is 443 g/mol. The number of aromatic nitrogens is 1. The standard InChI is InChI=1S/C27H29N3O3/c1-27(2,26(32)33)14-5-8-25(31)29-15-13-22-21-6-3-4-7-23(21)30(24(22)18-29)17-20-11-9-19(16-28)10-12-20/h3-4,6-7,9-12H,5,8,13-15,17-18H2,1-2H3,(H,32,33). The number of para-hydroxylation sites is 1. The third-order valence-corrected chi connectivity index (χ3v) is 6.71. The molecule has 4 rings (SSSR count). The van der Waals surface area contributed by atoms with E-state index in [0.717, 1.165) is 23.2 Å². The number of fused-ring (bicyclic) bond motifs is 3. The summed E-state index contributed by atoms with van der Waals surface area (Å²) < 4.78 is 2.29. The normalized spacial score (nSPS) is 13.5. The van der Waals surface area contributed by atoms with Crippen LogP contribution in [0.4, 0.5) is 0 Å². The molecule has 1 amide bonds. The summed E-state index contributed by atoms with van der Waals surface area (Å²) in [6.45, 7) is 5.32. The maximum absolute atomic E-state index is 13.0. The van der Waals surface area contributed by atoms with E-state index in [-0.39, 0.29) is 5.91 Å². The molecule has 2 heterocycles. The third-order valence-electron chi connectivity index (χ3n) is 6.71. The molecule has 0 spiro atoms. The first-order valence-corrected chi connectivity index (χ1v) is 11.4. The van der Waals surface area contributed by atoms with Crippen LogP contribution in [-0.4, -0.2) is 33.0 Å². The van der Waals surface area contributed by atoms with Gasteiger partial charge in [0.2, 0.25) is 5.91 Å². The molecule has 6 nitrogen and oxygen atoms in total. The zero-order valence-electron chi connectivity index (χ0n) is 19.2. The second kappa shape index (κ2) is 9.11. The van der Waals surface area contributed by atoms with Gasteiger partial charge in [0, 0.05) is 36.1 Å². The van der Waals surface area contributed by atoms with Crippen LogP contribution in [0.3, 0.4) is 0 Å². The summed E-state index contributed by atoms with van der Waals surface area (Å²) in [7, 11) is 0. The van der Waals surface area contributed by atoms with E-state index in [1.807, 2.05) is 35.2 Å². The van der Waals surface area contributed by atoms with Crippen molar-refractivity contribution in [3.05, 3.63) is 70.9 Å². The second-order valence-electron chi connectivity index (χ2n) is 9.45. The maximum atomic E-state index is 13.0. The number of nitriles is 1. The van der Waals surface area contributed by atoms with E-state index in [0.29, 0.717) is 44.5 Å². The van der Waals surface area contributed by atoms with E-state index in [1.54, 1.807) is 13.8 Å². The van der Waals surface area contributed by atoms with Crippen molar-refractivity contribution < 1.29 is 14.7 Å². The van der Waals surface area contributed by atoms with Crippen LogP contribution < -0.4 is 0 Å². The maximum Gasteiger partial charge on any atom is 0.309 e. The molecule has 170 valence electrons. The minimum atomic E-state index is -0.829. The lowest BCUT2D eigenvalue weighted by molar-refractivity contribution is -0.147. The van der Waals surface area contributed by atoms with Crippen molar-refractivity contribution in [1.82, 2.24) is 9.47 Å². The summed E-state index contributed by atoms with van der Waals surface area (Å²) in [6.07, 6.45) is 2.21. The molecule has 2 aromatic carbocycles. The lowest BCUT2D eigenvalue weighted by Crippen LogP contribution is -2.36. The van der Waals surface area contributed by atoms with Gasteiger partial charge >= 0.3 is 5.97 Å². The van der Waals surface area contributed by atoms with Crippen LogP contribution in [0.15, 0.2) is 48.5 Å². The number of carbonyl (C=O) groups is 2. The molecule has 1 aliphatic heterocycles. The van der Waals surface area contributed by atoms with Gasteiger partial charge in [-0.05, 0) is 62.4 Å². The number of benzene rings is 2. The van der Waals surface area contributed by atoms with Crippen molar-refractivity contribution in [2.75, 3.05) is 6.54 Å². The summed E-state index contributed by atoms with van der Waals surface area (Å²) in [6, 6.07) is 18.2. The average Bonchev–Trinajstić information content (AvgIpc) is 3.12. The van der Waals surface area contributed by atoms with Gasteiger partial charge in [-0.25, -0.2) is 0 Å². The number of amides is 1. The van der Waals surface area contributed by atoms with Gasteiger partial charge < -0.3 is 14.6 Å². The molecule has 0 unspecified atom stereocenters. The van der Waals surface area contributed by atoms with Crippen molar-refractivity contribution in [2.45, 2.75) is 52.6 Å². The van der Waals surface area contributed by atoms with E-state index in [2.05, 4.69) is 28.8 Å². The predicted molar refractivity (Wildman–Crippen MR) is 127 cm³/mol. The summed E-state index contributed by atoms with van der Waals surface area (Å²) in [5.74, 6) is -0.748. The summed E-state index contributed by atoms with van der Waals surface area (Å²) in [5.41, 5.74) is 4.55. The molecule has 33 heavy (non-hydrogen) atoms. The zero-order valence-corrected chi connectivity index (χ0v) is 19.2. The summed E-state index contributed by atoms with van der Waals surface area (Å²) in [5, 5.41) is 19.6. The third kappa shape index (κ3) is 4.63. The average molecular weight is 444 g/mol. The number of aliphatic carboxylic acids is 1. The van der Waals surface area contributed by atoms with Crippen LogP contribution in [0.5, 0.6) is 0 Å². The lowest BCUT2D eigenvalue weighted by Gasteiger charge is -2.29. The number of hydrogen-bond donors (Lipinski definition) is 1. The molecule has 0 saturated carbocycles. The quantitative estimate of drug-likeness (QED) is 0.572. The predicted octanol–water partition coefficient (Wildman–Crippen LogP) is 4.73. The summed E-state index contributed by atoms with van der Waals surface area (Å²) >= 11 is 0. The number of carboxylic acid groups (broad SMARTS) is 1. The molecule has 3 aromatic rings. The Morgan fingerprint density at radius 2 is 1.85 bits per heavy atom. The van der Waals surface area contributed by atoms with Crippen molar-refractivity contribution in [2.24, 2.45) is 5.41 Å². The van der Waals surface area contributed by atoms with Crippen LogP contribution in [0.2, 0.25) is 0 Å². The Morgan fingerprint density at radius 1 is 1.12 bits per heavy atom. The molecular weight excluding hydrogens is 414 g/mol. The topological polar surface area (TPSA) is 86.3 Å². The van der Waals surface area contributed by atoms with Crippen molar-refractivity contribution in [3.63, 3.8) is 0 Å². The van der Waals surface area contributed by atoms with Gasteiger partial charge in [-0.1, -0.05) is 30.3 Å². The lowest BCUT2D eigenvalue weighted by atomic mass is 9.87. The smallest absolute Gasteiger partial charge is 0.309 e. The van der Waals surface area contributed by atoms with Crippen LogP contribution in [0.1, 0.15) is 55.5 Å². The zero-order chi connectivity index (χ0) is 23.6. The SMILES string of the molecule is CC(C)(CCCC(=O)N1CCc2c(n(Cc3ccc(C#N)cc3)c3ccccc23)C1)C(=O)O. The highest BCUT2D eigenvalue weighted by Gasteiger charge is 2.29. The second-order valence-corrected chi connectivity index (χ2v) is 9.45. The van der Waals surface area contributed by atoms with Gasteiger partial charge in [0.15, 0.2) is 0 Å². The Kier molecular flexibility index (Phi) is 6.24. The fourth-order valence-electron chi connectivity index (χ4n) is 4.60. The molecule has 1 N–H and O–H groups in total. The van der Waals surface area contributed by atoms with Crippen LogP contribution in [0.25, 0.3) is 10.9 Å². The highest BCUT2D eigenvalue weighted by molar-refractivity contribution is 5.87. The van der Waals surface area contributed by atoms with E-state index in [4.69, 9.17) is 5.26 Å². The number of hydrogen-bond acceptors (Lipinski definition) is 3. The molecule has 6 heteroatoms. The highest BCUT2D eigenvalue weighted by atomic mass is 16.4. The Labute approximate surface area is 194 Å². The Hall–Kier alpha value is -3.59. The first-order valence-electron chi connectivity index (χ1n) is 11.4. The molecule has 0 fully saturated rings. The first-order chi connectivity index (χ1) is 15.8. The molecule has 0 atom stereocenters. The number of carbonyl (C=O) groups excluding carboxylic acids is 1. The minimum Gasteiger partial charge on any atom is -0.481 e. The molecule has 0 bridgehead atoms. The van der Waals surface area contributed by atoms with Crippen molar-refractivity contribution >= 4 is 22.8 Å². The largest absolute Gasteiger partial charge is 0.481 e. The Balaban J connectivity index is 1.55. The van der Waals surface area contributed by atoms with Gasteiger partial charge in [0.25, 0.3) is 0 Å².